The fraction of sp³-hybridized carbons (Fsp3) is 0.105. The molecule has 4 aromatic rings. The number of benzene rings is 1. The Bertz CT molecular complexity index is 959. The molecule has 1 aromatic carbocycles. The van der Waals surface area contributed by atoms with Crippen molar-refractivity contribution < 1.29 is 9.21 Å². The quantitative estimate of drug-likeness (QED) is 0.559. The smallest absolute Gasteiger partial charge is 0.249 e. The van der Waals surface area contributed by atoms with E-state index >= 15 is 0 Å². The van der Waals surface area contributed by atoms with Gasteiger partial charge in [-0.3, -0.25) is 15.2 Å². The van der Waals surface area contributed by atoms with Crippen LogP contribution in [0.4, 0.5) is 5.95 Å². The number of nitrogens with one attached hydrogen (secondary N) is 2. The van der Waals surface area contributed by atoms with Gasteiger partial charge in [-0.2, -0.15) is 4.98 Å². The topological polar surface area (TPSA) is 88.7 Å². The van der Waals surface area contributed by atoms with Gasteiger partial charge < -0.3 is 8.98 Å². The zero-order valence-corrected chi connectivity index (χ0v) is 13.9. The number of aromatic amines is 1. The molecule has 1 atom stereocenters. The third-order valence-corrected chi connectivity index (χ3v) is 4.04. The number of hydrogen-bond donors (Lipinski definition) is 2. The summed E-state index contributed by atoms with van der Waals surface area (Å²) in [5.74, 6) is 1.08. The Kier molecular flexibility index (Phi) is 4.34. The summed E-state index contributed by atoms with van der Waals surface area (Å²) in [4.78, 5) is 16.8. The van der Waals surface area contributed by atoms with E-state index in [0.29, 0.717) is 11.6 Å². The number of anilines is 1. The molecule has 0 radical (unpaired) electrons. The molecule has 0 bridgehead atoms. The Morgan fingerprint density at radius 1 is 1.12 bits per heavy atom. The van der Waals surface area contributed by atoms with E-state index in [2.05, 4.69) is 20.5 Å². The van der Waals surface area contributed by atoms with Crippen LogP contribution < -0.4 is 5.32 Å². The zero-order valence-electron chi connectivity index (χ0n) is 13.9. The third-order valence-electron chi connectivity index (χ3n) is 4.04. The first-order valence-corrected chi connectivity index (χ1v) is 8.23. The van der Waals surface area contributed by atoms with Crippen LogP contribution in [0.5, 0.6) is 0 Å². The van der Waals surface area contributed by atoms with Crippen molar-refractivity contribution in [3.05, 3.63) is 78.8 Å². The van der Waals surface area contributed by atoms with Crippen LogP contribution in [0, 0.1) is 0 Å². The highest BCUT2D eigenvalue weighted by molar-refractivity contribution is 5.89. The molecule has 1 unspecified atom stereocenters. The number of rotatable bonds is 6. The Morgan fingerprint density at radius 2 is 1.92 bits per heavy atom. The lowest BCUT2D eigenvalue weighted by Gasteiger charge is -2.18. The number of carbonyl (C=O) groups is 1. The van der Waals surface area contributed by atoms with Crippen molar-refractivity contribution in [3.63, 3.8) is 0 Å². The lowest BCUT2D eigenvalue weighted by molar-refractivity contribution is -0.116. The number of aromatic nitrogens is 4. The van der Waals surface area contributed by atoms with Crippen LogP contribution in [0.1, 0.15) is 18.0 Å². The van der Waals surface area contributed by atoms with E-state index in [-0.39, 0.29) is 24.3 Å². The van der Waals surface area contributed by atoms with Crippen LogP contribution in [0.25, 0.3) is 11.6 Å². The van der Waals surface area contributed by atoms with Crippen molar-refractivity contribution in [1.82, 2.24) is 19.7 Å². The monoisotopic (exact) mass is 347 g/mol. The third kappa shape index (κ3) is 3.41. The van der Waals surface area contributed by atoms with Crippen LogP contribution in [-0.2, 0) is 4.79 Å². The second-order valence-corrected chi connectivity index (χ2v) is 5.79. The zero-order chi connectivity index (χ0) is 17.8. The molecule has 1 amide bonds. The molecule has 7 heteroatoms. The summed E-state index contributed by atoms with van der Waals surface area (Å²) in [7, 11) is 0. The maximum atomic E-state index is 12.5. The van der Waals surface area contributed by atoms with E-state index < -0.39 is 0 Å². The van der Waals surface area contributed by atoms with Gasteiger partial charge in [-0.25, -0.2) is 0 Å². The summed E-state index contributed by atoms with van der Waals surface area (Å²) < 4.78 is 7.27. The van der Waals surface area contributed by atoms with Crippen molar-refractivity contribution in [3.8, 4) is 11.6 Å². The van der Waals surface area contributed by atoms with E-state index in [4.69, 9.17) is 4.42 Å². The molecule has 0 saturated carbocycles. The Labute approximate surface area is 149 Å². The van der Waals surface area contributed by atoms with E-state index in [9.17, 15) is 4.79 Å². The average molecular weight is 347 g/mol. The number of amides is 1. The van der Waals surface area contributed by atoms with Gasteiger partial charge in [0.15, 0.2) is 11.6 Å². The number of H-pyrrole nitrogens is 1. The summed E-state index contributed by atoms with van der Waals surface area (Å²) in [6.45, 7) is 0. The molecule has 0 saturated heterocycles. The van der Waals surface area contributed by atoms with Crippen LogP contribution in [0.15, 0.2) is 77.7 Å². The molecular formula is C19H17N5O2. The highest BCUT2D eigenvalue weighted by Gasteiger charge is 2.18. The minimum atomic E-state index is -0.169. The van der Waals surface area contributed by atoms with Gasteiger partial charge in [0.1, 0.15) is 0 Å². The lowest BCUT2D eigenvalue weighted by Crippen LogP contribution is -2.20. The maximum absolute atomic E-state index is 12.5. The van der Waals surface area contributed by atoms with Gasteiger partial charge in [0.25, 0.3) is 0 Å². The molecule has 4 rings (SSSR count). The van der Waals surface area contributed by atoms with Gasteiger partial charge in [0.05, 0.1) is 18.7 Å². The first-order valence-electron chi connectivity index (χ1n) is 8.23. The maximum Gasteiger partial charge on any atom is 0.249 e. The second kappa shape index (κ2) is 7.10. The molecule has 0 spiro atoms. The van der Waals surface area contributed by atoms with Gasteiger partial charge in [0, 0.05) is 12.4 Å². The first-order chi connectivity index (χ1) is 12.8. The van der Waals surface area contributed by atoms with Crippen LogP contribution in [0.2, 0.25) is 0 Å². The predicted molar refractivity (Wildman–Crippen MR) is 96.3 cm³/mol. The molecular weight excluding hydrogens is 330 g/mol. The lowest BCUT2D eigenvalue weighted by atomic mass is 10.0. The molecule has 0 aliphatic heterocycles. The molecule has 3 heterocycles. The van der Waals surface area contributed by atoms with E-state index in [1.54, 1.807) is 18.4 Å². The highest BCUT2D eigenvalue weighted by atomic mass is 16.3. The predicted octanol–water partition coefficient (Wildman–Crippen LogP) is 3.48. The van der Waals surface area contributed by atoms with Crippen molar-refractivity contribution >= 4 is 11.9 Å². The van der Waals surface area contributed by atoms with Crippen LogP contribution >= 0.6 is 0 Å². The fourth-order valence-corrected chi connectivity index (χ4v) is 2.82. The van der Waals surface area contributed by atoms with Crippen molar-refractivity contribution in [2.24, 2.45) is 0 Å². The normalized spacial score (nSPS) is 12.0. The second-order valence-electron chi connectivity index (χ2n) is 5.79. The largest absolute Gasteiger partial charge is 0.461 e. The van der Waals surface area contributed by atoms with Crippen molar-refractivity contribution in [1.29, 1.82) is 0 Å². The summed E-state index contributed by atoms with van der Waals surface area (Å²) in [5, 5.41) is 9.51. The summed E-state index contributed by atoms with van der Waals surface area (Å²) in [6, 6.07) is 17.2. The van der Waals surface area contributed by atoms with Gasteiger partial charge in [-0.05, 0) is 29.8 Å². The van der Waals surface area contributed by atoms with Crippen LogP contribution in [0.3, 0.4) is 0 Å². The van der Waals surface area contributed by atoms with E-state index in [1.807, 2.05) is 59.4 Å². The summed E-state index contributed by atoms with van der Waals surface area (Å²) >= 11 is 0. The van der Waals surface area contributed by atoms with E-state index in [1.165, 1.54) is 0 Å². The molecule has 7 nitrogen and oxygen atoms in total. The van der Waals surface area contributed by atoms with Gasteiger partial charge in [0.2, 0.25) is 11.9 Å². The van der Waals surface area contributed by atoms with Crippen LogP contribution in [-0.4, -0.2) is 25.7 Å². The standard InChI is InChI=1S/C19H17N5O2/c25-17(20-19-21-18(22-23-19)16-9-6-12-26-16)13-15(24-10-4-5-11-24)14-7-2-1-3-8-14/h1-12,15H,13H2,(H2,20,21,22,23,25). The number of furan rings is 1. The summed E-state index contributed by atoms with van der Waals surface area (Å²) in [5.41, 5.74) is 1.06. The van der Waals surface area contributed by atoms with Crippen molar-refractivity contribution in [2.75, 3.05) is 5.32 Å². The van der Waals surface area contributed by atoms with Gasteiger partial charge >= 0.3 is 0 Å². The minimum absolute atomic E-state index is 0.102. The Hall–Kier alpha value is -3.61. The molecule has 0 aliphatic carbocycles. The molecule has 3 aromatic heterocycles. The first kappa shape index (κ1) is 15.9. The van der Waals surface area contributed by atoms with Gasteiger partial charge in [-0.1, -0.05) is 30.3 Å². The van der Waals surface area contributed by atoms with Gasteiger partial charge in [-0.15, -0.1) is 5.10 Å². The molecule has 26 heavy (non-hydrogen) atoms. The molecule has 2 N–H and O–H groups in total. The summed E-state index contributed by atoms with van der Waals surface area (Å²) in [6.07, 6.45) is 5.72. The highest BCUT2D eigenvalue weighted by Crippen LogP contribution is 2.23. The molecule has 130 valence electrons. The molecule has 0 fully saturated rings. The minimum Gasteiger partial charge on any atom is -0.461 e. The number of hydrogen-bond acceptors (Lipinski definition) is 4. The number of carbonyl (C=O) groups excluding carboxylic acids is 1. The molecule has 0 aliphatic rings. The Morgan fingerprint density at radius 3 is 2.65 bits per heavy atom. The fourth-order valence-electron chi connectivity index (χ4n) is 2.82. The number of nitrogens with zero attached hydrogens (tertiary/aromatic N) is 3. The van der Waals surface area contributed by atoms with Crippen molar-refractivity contribution in [2.45, 2.75) is 12.5 Å². The average Bonchev–Trinajstić information content (AvgIpc) is 3.41. The van der Waals surface area contributed by atoms with E-state index in [0.717, 1.165) is 5.56 Å². The SMILES string of the molecule is O=C(CC(c1ccccc1)n1cccc1)Nc1n[nH]c(-c2ccco2)n1. The Balaban J connectivity index is 1.49.